The van der Waals surface area contributed by atoms with Gasteiger partial charge in [0, 0.05) is 12.6 Å². The average molecular weight is 277 g/mol. The Morgan fingerprint density at radius 1 is 1.30 bits per heavy atom. The van der Waals surface area contributed by atoms with E-state index in [9.17, 15) is 0 Å². The maximum atomic E-state index is 6.24. The van der Waals surface area contributed by atoms with E-state index in [4.69, 9.17) is 15.2 Å². The van der Waals surface area contributed by atoms with Crippen molar-refractivity contribution in [3.05, 3.63) is 35.4 Å². The van der Waals surface area contributed by atoms with Gasteiger partial charge in [-0.2, -0.15) is 0 Å². The molecule has 20 heavy (non-hydrogen) atoms. The Morgan fingerprint density at radius 3 is 2.65 bits per heavy atom. The van der Waals surface area contributed by atoms with Crippen molar-refractivity contribution in [1.29, 1.82) is 0 Å². The minimum atomic E-state index is -0.0360. The number of rotatable bonds is 6. The highest BCUT2D eigenvalue weighted by molar-refractivity contribution is 5.24. The number of hydrogen-bond donors (Lipinski definition) is 1. The Bertz CT molecular complexity index is 384. The highest BCUT2D eigenvalue weighted by atomic mass is 16.5. The molecule has 0 aromatic heterocycles. The lowest BCUT2D eigenvalue weighted by Crippen LogP contribution is -2.33. The van der Waals surface area contributed by atoms with Crippen LogP contribution in [-0.2, 0) is 9.47 Å². The number of benzene rings is 1. The molecule has 3 unspecified atom stereocenters. The molecule has 0 radical (unpaired) electrons. The van der Waals surface area contributed by atoms with Crippen molar-refractivity contribution in [2.75, 3.05) is 13.2 Å². The molecule has 3 atom stereocenters. The number of ether oxygens (including phenoxy) is 2. The van der Waals surface area contributed by atoms with Gasteiger partial charge in [0.25, 0.3) is 0 Å². The zero-order chi connectivity index (χ0) is 14.4. The minimum absolute atomic E-state index is 0.0290. The standard InChI is InChI=1S/C17H27NO2/c1-3-16(18)17(14-9-7-13(2)8-10-14)20-12-15-6-4-5-11-19-15/h7-10,15-17H,3-6,11-12,18H2,1-2H3. The third-order valence-electron chi connectivity index (χ3n) is 4.00. The molecule has 1 aliphatic heterocycles. The van der Waals surface area contributed by atoms with Crippen molar-refractivity contribution >= 4 is 0 Å². The summed E-state index contributed by atoms with van der Waals surface area (Å²) in [6.07, 6.45) is 4.62. The van der Waals surface area contributed by atoms with Crippen LogP contribution in [0.3, 0.4) is 0 Å². The van der Waals surface area contributed by atoms with E-state index in [0.717, 1.165) is 19.4 Å². The maximum Gasteiger partial charge on any atom is 0.0976 e. The maximum absolute atomic E-state index is 6.24. The Kier molecular flexibility index (Phi) is 6.02. The van der Waals surface area contributed by atoms with E-state index in [-0.39, 0.29) is 18.2 Å². The minimum Gasteiger partial charge on any atom is -0.376 e. The fourth-order valence-electron chi connectivity index (χ4n) is 2.59. The Balaban J connectivity index is 1.97. The number of hydrogen-bond acceptors (Lipinski definition) is 3. The lowest BCUT2D eigenvalue weighted by atomic mass is 9.99. The van der Waals surface area contributed by atoms with Crippen LogP contribution in [0.1, 0.15) is 49.8 Å². The SMILES string of the molecule is CCC(N)C(OCC1CCCCO1)c1ccc(C)cc1. The van der Waals surface area contributed by atoms with E-state index in [1.165, 1.54) is 24.0 Å². The van der Waals surface area contributed by atoms with E-state index in [1.54, 1.807) is 0 Å². The second-order valence-electron chi connectivity index (χ2n) is 5.73. The molecular weight excluding hydrogens is 250 g/mol. The van der Waals surface area contributed by atoms with Crippen molar-refractivity contribution in [1.82, 2.24) is 0 Å². The van der Waals surface area contributed by atoms with E-state index in [0.29, 0.717) is 6.61 Å². The molecule has 3 nitrogen and oxygen atoms in total. The molecule has 1 aromatic rings. The van der Waals surface area contributed by atoms with E-state index >= 15 is 0 Å². The molecule has 0 amide bonds. The summed E-state index contributed by atoms with van der Waals surface area (Å²) in [4.78, 5) is 0. The van der Waals surface area contributed by atoms with Gasteiger partial charge in [0.2, 0.25) is 0 Å². The van der Waals surface area contributed by atoms with Crippen LogP contribution in [0.2, 0.25) is 0 Å². The largest absolute Gasteiger partial charge is 0.376 e. The second-order valence-corrected chi connectivity index (χ2v) is 5.73. The van der Waals surface area contributed by atoms with Crippen molar-refractivity contribution in [3.63, 3.8) is 0 Å². The summed E-state index contributed by atoms with van der Waals surface area (Å²) in [7, 11) is 0. The van der Waals surface area contributed by atoms with Crippen molar-refractivity contribution < 1.29 is 9.47 Å². The molecule has 0 aliphatic carbocycles. The molecule has 1 saturated heterocycles. The topological polar surface area (TPSA) is 44.5 Å². The van der Waals surface area contributed by atoms with Crippen molar-refractivity contribution in [2.24, 2.45) is 5.73 Å². The lowest BCUT2D eigenvalue weighted by Gasteiger charge is -2.28. The molecule has 1 aliphatic rings. The van der Waals surface area contributed by atoms with Crippen LogP contribution in [0.15, 0.2) is 24.3 Å². The molecule has 2 N–H and O–H groups in total. The van der Waals surface area contributed by atoms with Gasteiger partial charge in [0.05, 0.1) is 18.8 Å². The summed E-state index contributed by atoms with van der Waals surface area (Å²) in [5.74, 6) is 0. The molecule has 0 spiro atoms. The molecule has 3 heteroatoms. The summed E-state index contributed by atoms with van der Waals surface area (Å²) in [6, 6.07) is 8.51. The van der Waals surface area contributed by atoms with Crippen LogP contribution in [0.5, 0.6) is 0 Å². The summed E-state index contributed by atoms with van der Waals surface area (Å²) < 4.78 is 11.8. The van der Waals surface area contributed by atoms with Crippen LogP contribution < -0.4 is 5.73 Å². The van der Waals surface area contributed by atoms with Crippen LogP contribution in [-0.4, -0.2) is 25.4 Å². The van der Waals surface area contributed by atoms with Gasteiger partial charge in [0.1, 0.15) is 0 Å². The molecule has 112 valence electrons. The monoisotopic (exact) mass is 277 g/mol. The first-order chi connectivity index (χ1) is 9.70. The van der Waals surface area contributed by atoms with Crippen LogP contribution >= 0.6 is 0 Å². The number of nitrogens with two attached hydrogens (primary N) is 1. The first kappa shape index (κ1) is 15.5. The predicted octanol–water partition coefficient (Wildman–Crippen LogP) is 3.36. The molecule has 0 saturated carbocycles. The quantitative estimate of drug-likeness (QED) is 0.867. The molecule has 1 heterocycles. The summed E-state index contributed by atoms with van der Waals surface area (Å²) >= 11 is 0. The Labute approximate surface area is 122 Å². The Morgan fingerprint density at radius 2 is 2.05 bits per heavy atom. The van der Waals surface area contributed by atoms with Gasteiger partial charge in [-0.3, -0.25) is 0 Å². The van der Waals surface area contributed by atoms with Crippen molar-refractivity contribution in [2.45, 2.75) is 57.8 Å². The van der Waals surface area contributed by atoms with Gasteiger partial charge in [-0.25, -0.2) is 0 Å². The highest BCUT2D eigenvalue weighted by Crippen LogP contribution is 2.24. The molecule has 1 fully saturated rings. The zero-order valence-corrected chi connectivity index (χ0v) is 12.7. The van der Waals surface area contributed by atoms with Gasteiger partial charge < -0.3 is 15.2 Å². The van der Waals surface area contributed by atoms with Gasteiger partial charge in [0.15, 0.2) is 0 Å². The molecular formula is C17H27NO2. The highest BCUT2D eigenvalue weighted by Gasteiger charge is 2.22. The second kappa shape index (κ2) is 7.77. The lowest BCUT2D eigenvalue weighted by molar-refractivity contribution is -0.0695. The summed E-state index contributed by atoms with van der Waals surface area (Å²) in [5, 5.41) is 0. The Hall–Kier alpha value is -0.900. The smallest absolute Gasteiger partial charge is 0.0976 e. The van der Waals surface area contributed by atoms with Crippen molar-refractivity contribution in [3.8, 4) is 0 Å². The zero-order valence-electron chi connectivity index (χ0n) is 12.7. The van der Waals surface area contributed by atoms with Gasteiger partial charge in [-0.1, -0.05) is 36.8 Å². The normalized spacial score (nSPS) is 22.4. The van der Waals surface area contributed by atoms with Crippen LogP contribution in [0.4, 0.5) is 0 Å². The van der Waals surface area contributed by atoms with E-state index in [1.807, 2.05) is 0 Å². The van der Waals surface area contributed by atoms with Gasteiger partial charge in [-0.15, -0.1) is 0 Å². The molecule has 0 bridgehead atoms. The third-order valence-corrected chi connectivity index (χ3v) is 4.00. The van der Waals surface area contributed by atoms with E-state index < -0.39 is 0 Å². The average Bonchev–Trinajstić information content (AvgIpc) is 2.50. The fraction of sp³-hybridized carbons (Fsp3) is 0.647. The molecule has 2 rings (SSSR count). The fourth-order valence-corrected chi connectivity index (χ4v) is 2.59. The predicted molar refractivity (Wildman–Crippen MR) is 81.7 cm³/mol. The van der Waals surface area contributed by atoms with Crippen LogP contribution in [0, 0.1) is 6.92 Å². The van der Waals surface area contributed by atoms with Crippen LogP contribution in [0.25, 0.3) is 0 Å². The summed E-state index contributed by atoms with van der Waals surface area (Å²) in [5.41, 5.74) is 8.66. The third kappa shape index (κ3) is 4.30. The first-order valence-electron chi connectivity index (χ1n) is 7.76. The first-order valence-corrected chi connectivity index (χ1v) is 7.76. The van der Waals surface area contributed by atoms with E-state index in [2.05, 4.69) is 38.1 Å². The van der Waals surface area contributed by atoms with Gasteiger partial charge >= 0.3 is 0 Å². The number of aryl methyl sites for hydroxylation is 1. The molecule has 1 aromatic carbocycles. The van der Waals surface area contributed by atoms with Gasteiger partial charge in [-0.05, 0) is 38.2 Å². The summed E-state index contributed by atoms with van der Waals surface area (Å²) in [6.45, 7) is 5.71.